The molecule has 2 aliphatic rings. The number of halogens is 4. The summed E-state index contributed by atoms with van der Waals surface area (Å²) in [4.78, 5) is 22.2. The summed E-state index contributed by atoms with van der Waals surface area (Å²) < 4.78 is 34.9. The number of ether oxygens (including phenoxy) is 1. The van der Waals surface area contributed by atoms with E-state index in [1.165, 1.54) is 0 Å². The minimum atomic E-state index is -3.26. The molecule has 1 unspecified atom stereocenters. The maximum absolute atomic E-state index is 14.8. The lowest BCUT2D eigenvalue weighted by atomic mass is 10.0. The van der Waals surface area contributed by atoms with Crippen LogP contribution in [0.3, 0.4) is 0 Å². The first-order valence-corrected chi connectivity index (χ1v) is 11.1. The van der Waals surface area contributed by atoms with Gasteiger partial charge in [0.05, 0.1) is 40.4 Å². The molecule has 0 spiro atoms. The van der Waals surface area contributed by atoms with Crippen molar-refractivity contribution in [3.05, 3.63) is 51.3 Å². The Labute approximate surface area is 194 Å². The van der Waals surface area contributed by atoms with Crippen molar-refractivity contribution < 1.29 is 18.3 Å². The van der Waals surface area contributed by atoms with Crippen LogP contribution in [0.2, 0.25) is 10.0 Å². The van der Waals surface area contributed by atoms with E-state index >= 15 is 0 Å². The second kappa shape index (κ2) is 9.33. The van der Waals surface area contributed by atoms with Gasteiger partial charge >= 0.3 is 6.03 Å². The number of carbonyl (C=O) groups is 1. The smallest absolute Gasteiger partial charge is 0.318 e. The molecule has 2 aromatic rings. The number of amides is 2. The molecule has 1 aromatic heterocycles. The Morgan fingerprint density at radius 2 is 2.03 bits per heavy atom. The molecule has 3 heterocycles. The fourth-order valence-electron chi connectivity index (χ4n) is 3.78. The largest absolute Gasteiger partial charge is 0.381 e. The minimum Gasteiger partial charge on any atom is -0.381 e. The molecule has 0 bridgehead atoms. The number of hydrogen-bond donors (Lipinski definition) is 2. The van der Waals surface area contributed by atoms with Crippen LogP contribution in [0.4, 0.5) is 19.5 Å². The average Bonchev–Trinajstić information content (AvgIpc) is 2.75. The zero-order chi connectivity index (χ0) is 22.9. The molecule has 4 rings (SSSR count). The highest BCUT2D eigenvalue weighted by Crippen LogP contribution is 2.36. The third-order valence-electron chi connectivity index (χ3n) is 5.62. The molecule has 172 valence electrons. The van der Waals surface area contributed by atoms with E-state index in [1.807, 2.05) is 0 Å². The minimum absolute atomic E-state index is 0.0458. The van der Waals surface area contributed by atoms with Gasteiger partial charge in [-0.15, -0.1) is 0 Å². The molecule has 1 atom stereocenters. The van der Waals surface area contributed by atoms with E-state index in [-0.39, 0.29) is 29.8 Å². The highest BCUT2D eigenvalue weighted by atomic mass is 35.5. The number of fused-ring (bicyclic) bond motifs is 1. The zero-order valence-corrected chi connectivity index (χ0v) is 18.9. The lowest BCUT2D eigenvalue weighted by molar-refractivity contribution is -0.0425. The topological polar surface area (TPSA) is 79.4 Å². The Kier molecular flexibility index (Phi) is 6.69. The van der Waals surface area contributed by atoms with Gasteiger partial charge in [-0.1, -0.05) is 29.3 Å². The van der Waals surface area contributed by atoms with Gasteiger partial charge in [-0.2, -0.15) is 8.78 Å². The van der Waals surface area contributed by atoms with Crippen molar-refractivity contribution in [2.45, 2.75) is 44.3 Å². The van der Waals surface area contributed by atoms with Crippen LogP contribution in [-0.4, -0.2) is 46.7 Å². The van der Waals surface area contributed by atoms with E-state index in [0.29, 0.717) is 28.8 Å². The van der Waals surface area contributed by atoms with E-state index in [0.717, 1.165) is 23.9 Å². The van der Waals surface area contributed by atoms with Crippen molar-refractivity contribution in [3.8, 4) is 0 Å². The van der Waals surface area contributed by atoms with Crippen molar-refractivity contribution in [1.82, 2.24) is 20.2 Å². The van der Waals surface area contributed by atoms with Crippen LogP contribution < -0.4 is 10.6 Å². The van der Waals surface area contributed by atoms with Crippen LogP contribution >= 0.6 is 23.2 Å². The predicted molar refractivity (Wildman–Crippen MR) is 117 cm³/mol. The maximum atomic E-state index is 14.8. The number of benzene rings is 1. The number of aromatic nitrogens is 2. The average molecular weight is 486 g/mol. The number of anilines is 1. The molecule has 0 aliphatic carbocycles. The number of nitrogens with zero attached hydrogens (tertiary/aromatic N) is 3. The molecule has 2 amide bonds. The van der Waals surface area contributed by atoms with Crippen LogP contribution in [0.25, 0.3) is 0 Å². The van der Waals surface area contributed by atoms with Gasteiger partial charge in [0.25, 0.3) is 5.92 Å². The molecule has 1 fully saturated rings. The van der Waals surface area contributed by atoms with E-state index in [1.54, 1.807) is 25.1 Å². The summed E-state index contributed by atoms with van der Waals surface area (Å²) in [6.45, 7) is 2.20. The van der Waals surface area contributed by atoms with Gasteiger partial charge in [-0.05, 0) is 37.5 Å². The van der Waals surface area contributed by atoms with Gasteiger partial charge in [0.1, 0.15) is 0 Å². The normalized spacial score (nSPS) is 19.2. The Bertz CT molecular complexity index is 1000. The molecule has 0 radical (unpaired) electrons. The Morgan fingerprint density at radius 1 is 1.28 bits per heavy atom. The van der Waals surface area contributed by atoms with Crippen LogP contribution in [0.1, 0.15) is 42.6 Å². The van der Waals surface area contributed by atoms with Crippen LogP contribution in [0.5, 0.6) is 0 Å². The van der Waals surface area contributed by atoms with Gasteiger partial charge in [-0.25, -0.2) is 14.8 Å². The first kappa shape index (κ1) is 22.9. The van der Waals surface area contributed by atoms with E-state index in [9.17, 15) is 13.6 Å². The fraction of sp³-hybridized carbons (Fsp3) is 0.476. The fourth-order valence-corrected chi connectivity index (χ4v) is 4.09. The second-order valence-corrected chi connectivity index (χ2v) is 8.80. The molecule has 1 saturated heterocycles. The third kappa shape index (κ3) is 5.05. The number of alkyl halides is 2. The van der Waals surface area contributed by atoms with E-state index in [4.69, 9.17) is 27.9 Å². The Hall–Kier alpha value is -2.23. The summed E-state index contributed by atoms with van der Waals surface area (Å²) in [5.41, 5.74) is 0.585. The monoisotopic (exact) mass is 485 g/mol. The van der Waals surface area contributed by atoms with Gasteiger partial charge in [0.2, 0.25) is 5.95 Å². The van der Waals surface area contributed by atoms with Crippen LogP contribution in [-0.2, 0) is 17.2 Å². The Balaban J connectivity index is 1.47. The molecule has 32 heavy (non-hydrogen) atoms. The molecule has 2 aliphatic heterocycles. The quantitative estimate of drug-likeness (QED) is 0.652. The van der Waals surface area contributed by atoms with Crippen molar-refractivity contribution in [3.63, 3.8) is 0 Å². The first-order chi connectivity index (χ1) is 15.2. The zero-order valence-electron chi connectivity index (χ0n) is 17.4. The molecular weight excluding hydrogens is 463 g/mol. The molecule has 0 saturated carbocycles. The van der Waals surface area contributed by atoms with E-state index < -0.39 is 24.5 Å². The van der Waals surface area contributed by atoms with Gasteiger partial charge in [0, 0.05) is 25.5 Å². The third-order valence-corrected chi connectivity index (χ3v) is 6.36. The molecular formula is C21H23Cl2F2N5O2. The summed E-state index contributed by atoms with van der Waals surface area (Å²) in [6, 6.07) is 4.03. The lowest BCUT2D eigenvalue weighted by Gasteiger charge is -2.34. The summed E-state index contributed by atoms with van der Waals surface area (Å²) >= 11 is 12.0. The number of nitrogens with one attached hydrogen (secondary N) is 2. The first-order valence-electron chi connectivity index (χ1n) is 10.3. The standard InChI is InChI=1S/C21H23Cl2F2N5O2/c1-12(13-2-3-16(22)17(23)8-13)27-20(31)30-10-18-15(21(24,25)11-30)9-26-19(29-18)28-14-4-6-32-7-5-14/h2-3,8-9,12,14H,4-7,10-11H2,1H3,(H,27,31)(H,26,28,29). The maximum Gasteiger partial charge on any atom is 0.318 e. The second-order valence-electron chi connectivity index (χ2n) is 7.99. The van der Waals surface area contributed by atoms with Gasteiger partial charge in [0.15, 0.2) is 0 Å². The molecule has 2 N–H and O–H groups in total. The van der Waals surface area contributed by atoms with Crippen LogP contribution in [0.15, 0.2) is 24.4 Å². The van der Waals surface area contributed by atoms with Crippen molar-refractivity contribution >= 4 is 35.2 Å². The summed E-state index contributed by atoms with van der Waals surface area (Å²) in [5, 5.41) is 6.66. The van der Waals surface area contributed by atoms with Crippen molar-refractivity contribution in [2.24, 2.45) is 0 Å². The number of hydrogen-bond acceptors (Lipinski definition) is 5. The predicted octanol–water partition coefficient (Wildman–Crippen LogP) is 4.75. The lowest BCUT2D eigenvalue weighted by Crippen LogP contribution is -2.49. The summed E-state index contributed by atoms with van der Waals surface area (Å²) in [5.74, 6) is -2.98. The number of rotatable bonds is 4. The Morgan fingerprint density at radius 3 is 2.75 bits per heavy atom. The highest BCUT2D eigenvalue weighted by molar-refractivity contribution is 6.42. The summed E-state index contributed by atoms with van der Waals surface area (Å²) in [6.07, 6.45) is 2.73. The number of carbonyl (C=O) groups excluding carboxylic acids is 1. The highest BCUT2D eigenvalue weighted by Gasteiger charge is 2.43. The van der Waals surface area contributed by atoms with Crippen LogP contribution in [0, 0.1) is 0 Å². The van der Waals surface area contributed by atoms with Crippen molar-refractivity contribution in [1.29, 1.82) is 0 Å². The molecule has 7 nitrogen and oxygen atoms in total. The molecule has 1 aromatic carbocycles. The van der Waals surface area contributed by atoms with Gasteiger partial charge < -0.3 is 20.3 Å². The van der Waals surface area contributed by atoms with E-state index in [2.05, 4.69) is 20.6 Å². The molecule has 11 heteroatoms. The number of urea groups is 1. The van der Waals surface area contributed by atoms with Crippen molar-refractivity contribution in [2.75, 3.05) is 25.1 Å². The summed E-state index contributed by atoms with van der Waals surface area (Å²) in [7, 11) is 0. The van der Waals surface area contributed by atoms with Gasteiger partial charge in [-0.3, -0.25) is 0 Å². The SMILES string of the molecule is CC(NC(=O)N1Cc2nc(NC3CCOCC3)ncc2C(F)(F)C1)c1ccc(Cl)c(Cl)c1.